The number of amides is 2. The lowest BCUT2D eigenvalue weighted by atomic mass is 9.96. The number of nitrogens with one attached hydrogen (secondary N) is 2. The highest BCUT2D eigenvalue weighted by molar-refractivity contribution is 5.84. The quantitative estimate of drug-likeness (QED) is 0.682. The first-order chi connectivity index (χ1) is 10.3. The van der Waals surface area contributed by atoms with Crippen molar-refractivity contribution in [2.45, 2.75) is 39.2 Å². The molecule has 0 aliphatic carbocycles. The molecular weight excluding hydrogens is 280 g/mol. The van der Waals surface area contributed by atoms with Crippen molar-refractivity contribution in [3.63, 3.8) is 0 Å². The molecular formula is C17H26N2O3. The van der Waals surface area contributed by atoms with Gasteiger partial charge < -0.3 is 15.7 Å². The fourth-order valence-electron chi connectivity index (χ4n) is 1.92. The monoisotopic (exact) mass is 306 g/mol. The van der Waals surface area contributed by atoms with Gasteiger partial charge in [-0.3, -0.25) is 9.59 Å². The average Bonchev–Trinajstić information content (AvgIpc) is 2.49. The van der Waals surface area contributed by atoms with E-state index >= 15 is 0 Å². The van der Waals surface area contributed by atoms with E-state index in [9.17, 15) is 14.7 Å². The molecule has 5 heteroatoms. The van der Waals surface area contributed by atoms with Crippen LogP contribution in [0.2, 0.25) is 0 Å². The maximum absolute atomic E-state index is 11.7. The van der Waals surface area contributed by atoms with Gasteiger partial charge in [0.15, 0.2) is 0 Å². The van der Waals surface area contributed by atoms with Crippen LogP contribution in [0.25, 0.3) is 0 Å². The maximum atomic E-state index is 11.7. The van der Waals surface area contributed by atoms with Crippen molar-refractivity contribution in [3.05, 3.63) is 35.9 Å². The summed E-state index contributed by atoms with van der Waals surface area (Å²) in [5.74, 6) is 0.0216. The van der Waals surface area contributed by atoms with Crippen LogP contribution in [0.1, 0.15) is 39.2 Å². The molecule has 2 amide bonds. The number of hydrogen-bond donors (Lipinski definition) is 3. The largest absolute Gasteiger partial charge is 0.384 e. The molecule has 0 saturated carbocycles. The van der Waals surface area contributed by atoms with Crippen molar-refractivity contribution in [1.29, 1.82) is 0 Å². The summed E-state index contributed by atoms with van der Waals surface area (Å²) in [4.78, 5) is 23.3. The molecule has 5 nitrogen and oxygen atoms in total. The lowest BCUT2D eigenvalue weighted by Crippen LogP contribution is -2.43. The number of benzene rings is 1. The van der Waals surface area contributed by atoms with Gasteiger partial charge in [-0.2, -0.15) is 0 Å². The number of aliphatic hydroxyl groups is 1. The van der Waals surface area contributed by atoms with Crippen molar-refractivity contribution in [3.8, 4) is 0 Å². The lowest BCUT2D eigenvalue weighted by Gasteiger charge is -2.24. The SMILES string of the molecule is CC(C)CCC(=O)NCC(=O)NCC(C)(O)c1ccccc1. The fourth-order valence-corrected chi connectivity index (χ4v) is 1.92. The second-order valence-corrected chi connectivity index (χ2v) is 6.13. The van der Waals surface area contributed by atoms with E-state index in [0.29, 0.717) is 12.3 Å². The topological polar surface area (TPSA) is 78.4 Å². The van der Waals surface area contributed by atoms with Crippen molar-refractivity contribution >= 4 is 11.8 Å². The van der Waals surface area contributed by atoms with Crippen LogP contribution < -0.4 is 10.6 Å². The third-order valence-electron chi connectivity index (χ3n) is 3.42. The van der Waals surface area contributed by atoms with Gasteiger partial charge in [0.25, 0.3) is 0 Å². The molecule has 0 saturated heterocycles. The van der Waals surface area contributed by atoms with E-state index in [1.54, 1.807) is 19.1 Å². The molecule has 122 valence electrons. The molecule has 0 bridgehead atoms. The summed E-state index contributed by atoms with van der Waals surface area (Å²) < 4.78 is 0. The van der Waals surface area contributed by atoms with Gasteiger partial charge in [-0.05, 0) is 24.8 Å². The maximum Gasteiger partial charge on any atom is 0.239 e. The molecule has 0 spiro atoms. The summed E-state index contributed by atoms with van der Waals surface area (Å²) in [7, 11) is 0. The minimum Gasteiger partial charge on any atom is -0.384 e. The molecule has 1 aromatic carbocycles. The first kappa shape index (κ1) is 18.2. The Hall–Kier alpha value is -1.88. The van der Waals surface area contributed by atoms with E-state index in [1.807, 2.05) is 32.0 Å². The molecule has 0 fully saturated rings. The predicted molar refractivity (Wildman–Crippen MR) is 86.1 cm³/mol. The lowest BCUT2D eigenvalue weighted by molar-refractivity contribution is -0.126. The molecule has 1 atom stereocenters. The van der Waals surface area contributed by atoms with Crippen LogP contribution in [-0.4, -0.2) is 30.0 Å². The molecule has 0 aromatic heterocycles. The van der Waals surface area contributed by atoms with Gasteiger partial charge in [0, 0.05) is 6.42 Å². The van der Waals surface area contributed by atoms with E-state index in [0.717, 1.165) is 12.0 Å². The smallest absolute Gasteiger partial charge is 0.239 e. The van der Waals surface area contributed by atoms with Crippen LogP contribution in [0.3, 0.4) is 0 Å². The Labute approximate surface area is 132 Å². The summed E-state index contributed by atoms with van der Waals surface area (Å²) in [5, 5.41) is 15.6. The zero-order valence-corrected chi connectivity index (χ0v) is 13.6. The highest BCUT2D eigenvalue weighted by Crippen LogP contribution is 2.18. The third-order valence-corrected chi connectivity index (χ3v) is 3.42. The molecule has 22 heavy (non-hydrogen) atoms. The van der Waals surface area contributed by atoms with Gasteiger partial charge in [-0.25, -0.2) is 0 Å². The molecule has 3 N–H and O–H groups in total. The van der Waals surface area contributed by atoms with Gasteiger partial charge in [0.1, 0.15) is 5.60 Å². The Bertz CT molecular complexity index is 484. The summed E-state index contributed by atoms with van der Waals surface area (Å²) in [6.07, 6.45) is 1.23. The number of carbonyl (C=O) groups excluding carboxylic acids is 2. The van der Waals surface area contributed by atoms with Crippen LogP contribution in [0.5, 0.6) is 0 Å². The Morgan fingerprint density at radius 3 is 2.36 bits per heavy atom. The number of carbonyl (C=O) groups is 2. The van der Waals surface area contributed by atoms with Gasteiger partial charge in [0.05, 0.1) is 13.1 Å². The predicted octanol–water partition coefficient (Wildman–Crippen LogP) is 1.56. The second kappa shape index (κ2) is 8.54. The standard InChI is InChI=1S/C17H26N2O3/c1-13(2)9-10-15(20)18-11-16(21)19-12-17(3,22)14-7-5-4-6-8-14/h4-8,13,22H,9-12H2,1-3H3,(H,18,20)(H,19,21). The van der Waals surface area contributed by atoms with Crippen molar-refractivity contribution in [2.75, 3.05) is 13.1 Å². The van der Waals surface area contributed by atoms with Crippen molar-refractivity contribution < 1.29 is 14.7 Å². The van der Waals surface area contributed by atoms with Gasteiger partial charge in [-0.15, -0.1) is 0 Å². The van der Waals surface area contributed by atoms with E-state index in [2.05, 4.69) is 10.6 Å². The van der Waals surface area contributed by atoms with Crippen LogP contribution >= 0.6 is 0 Å². The highest BCUT2D eigenvalue weighted by atomic mass is 16.3. The first-order valence-corrected chi connectivity index (χ1v) is 7.62. The Kier molecular flexibility index (Phi) is 7.05. The molecule has 1 rings (SSSR count). The van der Waals surface area contributed by atoms with Crippen molar-refractivity contribution in [2.24, 2.45) is 5.92 Å². The highest BCUT2D eigenvalue weighted by Gasteiger charge is 2.23. The third kappa shape index (κ3) is 6.72. The molecule has 0 heterocycles. The molecule has 1 unspecified atom stereocenters. The molecule has 0 aliphatic rings. The van der Waals surface area contributed by atoms with Gasteiger partial charge in [0.2, 0.25) is 11.8 Å². The minimum atomic E-state index is -1.14. The zero-order chi connectivity index (χ0) is 16.6. The van der Waals surface area contributed by atoms with Gasteiger partial charge >= 0.3 is 0 Å². The Morgan fingerprint density at radius 2 is 1.77 bits per heavy atom. The number of rotatable bonds is 8. The van der Waals surface area contributed by atoms with Crippen LogP contribution in [0, 0.1) is 5.92 Å². The average molecular weight is 306 g/mol. The van der Waals surface area contributed by atoms with Gasteiger partial charge in [-0.1, -0.05) is 44.2 Å². The Morgan fingerprint density at radius 1 is 1.14 bits per heavy atom. The summed E-state index contributed by atoms with van der Waals surface area (Å²) >= 11 is 0. The summed E-state index contributed by atoms with van der Waals surface area (Å²) in [5.41, 5.74) is -0.408. The summed E-state index contributed by atoms with van der Waals surface area (Å²) in [6.45, 7) is 5.76. The summed E-state index contributed by atoms with van der Waals surface area (Å²) in [6, 6.07) is 9.14. The first-order valence-electron chi connectivity index (χ1n) is 7.62. The molecule has 0 radical (unpaired) electrons. The zero-order valence-electron chi connectivity index (χ0n) is 13.6. The van der Waals surface area contributed by atoms with Crippen LogP contribution in [0.15, 0.2) is 30.3 Å². The van der Waals surface area contributed by atoms with E-state index in [-0.39, 0.29) is 24.9 Å². The van der Waals surface area contributed by atoms with E-state index in [1.165, 1.54) is 0 Å². The normalized spacial score (nSPS) is 13.5. The van der Waals surface area contributed by atoms with Crippen molar-refractivity contribution in [1.82, 2.24) is 10.6 Å². The van der Waals surface area contributed by atoms with E-state index < -0.39 is 5.60 Å². The van der Waals surface area contributed by atoms with E-state index in [4.69, 9.17) is 0 Å². The van der Waals surface area contributed by atoms with Crippen LogP contribution in [0.4, 0.5) is 0 Å². The molecule has 0 aliphatic heterocycles. The van der Waals surface area contributed by atoms with Crippen LogP contribution in [-0.2, 0) is 15.2 Å². The number of hydrogen-bond acceptors (Lipinski definition) is 3. The minimum absolute atomic E-state index is 0.0677. The second-order valence-electron chi connectivity index (χ2n) is 6.13. The fraction of sp³-hybridized carbons (Fsp3) is 0.529. The molecule has 1 aromatic rings. The Balaban J connectivity index is 2.32.